The highest BCUT2D eigenvalue weighted by Crippen LogP contribution is 2.50. The second-order valence-electron chi connectivity index (χ2n) is 13.1. The Hall–Kier alpha value is -3.06. The second kappa shape index (κ2) is 9.73. The minimum Gasteiger partial charge on any atom is -0.384 e. The van der Waals surface area contributed by atoms with Gasteiger partial charge >= 0.3 is 0 Å². The van der Waals surface area contributed by atoms with Crippen molar-refractivity contribution in [2.45, 2.75) is 88.5 Å². The number of rotatable bonds is 4. The van der Waals surface area contributed by atoms with Gasteiger partial charge in [-0.3, -0.25) is 4.90 Å². The summed E-state index contributed by atoms with van der Waals surface area (Å²) in [4.78, 5) is 19.9. The van der Waals surface area contributed by atoms with Crippen LogP contribution in [-0.4, -0.2) is 63.7 Å². The van der Waals surface area contributed by atoms with Crippen LogP contribution in [0, 0.1) is 18.3 Å². The third kappa shape index (κ3) is 3.95. The van der Waals surface area contributed by atoms with E-state index in [1.165, 1.54) is 38.8 Å². The van der Waals surface area contributed by atoms with Crippen molar-refractivity contribution in [3.8, 4) is 17.3 Å². The molecule has 8 rings (SSSR count). The molecule has 2 bridgehead atoms. The van der Waals surface area contributed by atoms with Gasteiger partial charge in [0.2, 0.25) is 0 Å². The van der Waals surface area contributed by atoms with E-state index in [0.29, 0.717) is 45.6 Å². The molecule has 218 valence electrons. The van der Waals surface area contributed by atoms with Crippen molar-refractivity contribution < 1.29 is 4.39 Å². The summed E-state index contributed by atoms with van der Waals surface area (Å²) in [5, 5.41) is 15.0. The Bertz CT molecular complexity index is 1650. The van der Waals surface area contributed by atoms with Crippen LogP contribution in [0.2, 0.25) is 5.02 Å². The zero-order valence-electron chi connectivity index (χ0n) is 24.0. The highest BCUT2D eigenvalue weighted by atomic mass is 35.5. The zero-order valence-corrected chi connectivity index (χ0v) is 24.8. The Balaban J connectivity index is 1.35. The van der Waals surface area contributed by atoms with Gasteiger partial charge in [0.05, 0.1) is 27.2 Å². The van der Waals surface area contributed by atoms with Gasteiger partial charge in [-0.25, -0.2) is 19.3 Å². The third-order valence-electron chi connectivity index (χ3n) is 10.7. The van der Waals surface area contributed by atoms with Gasteiger partial charge in [-0.2, -0.15) is 5.26 Å². The van der Waals surface area contributed by atoms with E-state index in [1.807, 2.05) is 6.92 Å². The Morgan fingerprint density at radius 1 is 1.17 bits per heavy atom. The number of nitriles is 1. The van der Waals surface area contributed by atoms with Gasteiger partial charge in [-0.15, -0.1) is 0 Å². The van der Waals surface area contributed by atoms with E-state index in [9.17, 15) is 5.26 Å². The van der Waals surface area contributed by atoms with Crippen LogP contribution in [0.1, 0.15) is 79.2 Å². The van der Waals surface area contributed by atoms with Gasteiger partial charge in [-0.05, 0) is 82.2 Å². The SMILES string of the molecule is Cc1cc(N)nc2c1CC(F)c1c-2c(Cl)c(C#N)c2c(N3CC4CCC(C3)N4)nc(CCC34CCCN3CCC4)nc12. The van der Waals surface area contributed by atoms with E-state index in [4.69, 9.17) is 27.3 Å². The van der Waals surface area contributed by atoms with Crippen LogP contribution in [0.4, 0.5) is 16.0 Å². The number of nitrogens with one attached hydrogen (secondary N) is 1. The molecule has 1 aliphatic carbocycles. The van der Waals surface area contributed by atoms with Crippen molar-refractivity contribution >= 4 is 34.1 Å². The van der Waals surface area contributed by atoms with Crippen LogP contribution in [0.3, 0.4) is 0 Å². The fourth-order valence-corrected chi connectivity index (χ4v) is 9.12. The minimum absolute atomic E-state index is 0.170. The zero-order chi connectivity index (χ0) is 28.7. The van der Waals surface area contributed by atoms with Crippen molar-refractivity contribution in [3.05, 3.63) is 39.2 Å². The van der Waals surface area contributed by atoms with Crippen LogP contribution in [0.25, 0.3) is 22.2 Å². The third-order valence-corrected chi connectivity index (χ3v) is 11.1. The summed E-state index contributed by atoms with van der Waals surface area (Å²) in [5.41, 5.74) is 10.3. The lowest BCUT2D eigenvalue weighted by atomic mass is 9.82. The van der Waals surface area contributed by atoms with E-state index in [1.54, 1.807) is 6.07 Å². The van der Waals surface area contributed by atoms with Crippen molar-refractivity contribution in [3.63, 3.8) is 0 Å². The topological polar surface area (TPSA) is 107 Å². The van der Waals surface area contributed by atoms with E-state index in [2.05, 4.69) is 26.2 Å². The lowest BCUT2D eigenvalue weighted by Crippen LogP contribution is -2.51. The molecule has 3 atom stereocenters. The predicted octanol–water partition coefficient (Wildman–Crippen LogP) is 5.18. The second-order valence-corrected chi connectivity index (χ2v) is 13.5. The lowest BCUT2D eigenvalue weighted by molar-refractivity contribution is 0.182. The molecule has 6 heterocycles. The van der Waals surface area contributed by atoms with Crippen molar-refractivity contribution in [2.24, 2.45) is 0 Å². The van der Waals surface area contributed by atoms with Crippen LogP contribution < -0.4 is 16.0 Å². The smallest absolute Gasteiger partial charge is 0.141 e. The van der Waals surface area contributed by atoms with Crippen LogP contribution in [-0.2, 0) is 12.8 Å². The van der Waals surface area contributed by atoms with Gasteiger partial charge < -0.3 is 16.0 Å². The summed E-state index contributed by atoms with van der Waals surface area (Å²) in [6, 6.07) is 4.87. The molecule has 1 aromatic carbocycles. The van der Waals surface area contributed by atoms with Crippen molar-refractivity contribution in [1.82, 2.24) is 25.2 Å². The summed E-state index contributed by atoms with van der Waals surface area (Å²) in [6.07, 6.45) is 7.69. The molecule has 42 heavy (non-hydrogen) atoms. The molecule has 5 aliphatic rings. The number of pyridine rings is 1. The first kappa shape index (κ1) is 26.6. The Morgan fingerprint density at radius 3 is 2.62 bits per heavy atom. The van der Waals surface area contributed by atoms with Gasteiger partial charge in [-0.1, -0.05) is 11.6 Å². The number of aromatic nitrogens is 3. The highest BCUT2D eigenvalue weighted by Gasteiger charge is 2.44. The quantitative estimate of drug-likeness (QED) is 0.431. The molecule has 0 amide bonds. The maximum Gasteiger partial charge on any atom is 0.141 e. The van der Waals surface area contributed by atoms with E-state index >= 15 is 4.39 Å². The lowest BCUT2D eigenvalue weighted by Gasteiger charge is -2.35. The maximum atomic E-state index is 16.4. The fourth-order valence-electron chi connectivity index (χ4n) is 8.79. The van der Waals surface area contributed by atoms with Crippen LogP contribution >= 0.6 is 11.6 Å². The van der Waals surface area contributed by atoms with E-state index < -0.39 is 6.17 Å². The molecule has 0 radical (unpaired) electrons. The number of halogens is 2. The fraction of sp³-hybridized carbons (Fsp3) is 0.562. The molecule has 0 saturated carbocycles. The summed E-state index contributed by atoms with van der Waals surface area (Å²) in [7, 11) is 0. The molecule has 2 aromatic heterocycles. The largest absolute Gasteiger partial charge is 0.384 e. The monoisotopic (exact) mass is 586 g/mol. The van der Waals surface area contributed by atoms with E-state index in [0.717, 1.165) is 61.5 Å². The standard InChI is InChI=1S/C32H36ClFN8/c1-17-12-23(36)38-29-20(17)13-22(34)26-27(29)28(33)21(14-35)25-30(26)39-24(6-9-32-7-2-10-42(32)11-3-8-32)40-31(25)41-15-18-4-5-19(16-41)37-18/h12,18-19,22,37H,2-11,13,15-16H2,1H3,(H2,36,38). The normalized spacial score (nSPS) is 25.9. The number of anilines is 2. The molecule has 3 N–H and O–H groups in total. The number of fused-ring (bicyclic) bond motifs is 8. The Kier molecular flexibility index (Phi) is 6.15. The molecule has 10 heteroatoms. The number of benzene rings is 1. The number of nitrogen functional groups attached to an aromatic ring is 1. The maximum absolute atomic E-state index is 16.4. The van der Waals surface area contributed by atoms with Gasteiger partial charge in [0.1, 0.15) is 29.7 Å². The number of nitrogens with zero attached hydrogens (tertiary/aromatic N) is 6. The molecule has 4 saturated heterocycles. The van der Waals surface area contributed by atoms with Gasteiger partial charge in [0.15, 0.2) is 0 Å². The summed E-state index contributed by atoms with van der Waals surface area (Å²) < 4.78 is 16.4. The molecular formula is C32H36ClFN8. The van der Waals surface area contributed by atoms with E-state index in [-0.39, 0.29) is 22.5 Å². The summed E-state index contributed by atoms with van der Waals surface area (Å²) in [5.74, 6) is 1.79. The number of hydrogen-bond acceptors (Lipinski definition) is 8. The molecule has 8 nitrogen and oxygen atoms in total. The number of hydrogen-bond donors (Lipinski definition) is 2. The molecule has 3 aromatic rings. The predicted molar refractivity (Wildman–Crippen MR) is 162 cm³/mol. The first-order chi connectivity index (χ1) is 20.3. The molecule has 3 unspecified atom stereocenters. The average molecular weight is 587 g/mol. The molecule has 4 aliphatic heterocycles. The number of piperazine rings is 1. The van der Waals surface area contributed by atoms with Gasteiger partial charge in [0, 0.05) is 54.7 Å². The Labute approximate surface area is 250 Å². The molecule has 0 spiro atoms. The van der Waals surface area contributed by atoms with Crippen molar-refractivity contribution in [2.75, 3.05) is 36.8 Å². The number of nitrogens with two attached hydrogens (primary N) is 1. The van der Waals surface area contributed by atoms with Crippen LogP contribution in [0.5, 0.6) is 0 Å². The molecule has 4 fully saturated rings. The van der Waals surface area contributed by atoms with Crippen molar-refractivity contribution in [1.29, 1.82) is 5.26 Å². The molecular weight excluding hydrogens is 551 g/mol. The summed E-state index contributed by atoms with van der Waals surface area (Å²) >= 11 is 7.07. The number of aryl methyl sites for hydroxylation is 2. The first-order valence-corrected chi connectivity index (χ1v) is 15.9. The van der Waals surface area contributed by atoms with Crippen LogP contribution in [0.15, 0.2) is 6.07 Å². The van der Waals surface area contributed by atoms with Gasteiger partial charge in [0.25, 0.3) is 0 Å². The Morgan fingerprint density at radius 2 is 1.90 bits per heavy atom. The first-order valence-electron chi connectivity index (χ1n) is 15.5. The summed E-state index contributed by atoms with van der Waals surface area (Å²) in [6.45, 7) is 5.84. The minimum atomic E-state index is -1.34. The highest BCUT2D eigenvalue weighted by molar-refractivity contribution is 6.36. The average Bonchev–Trinajstić information content (AvgIpc) is 3.65. The number of alkyl halides is 1.